The summed E-state index contributed by atoms with van der Waals surface area (Å²) in [5, 5.41) is 3.11. The average Bonchev–Trinajstić information content (AvgIpc) is 2.88. The molecule has 2 rings (SSSR count). The monoisotopic (exact) mass is 298 g/mol. The fourth-order valence-corrected chi connectivity index (χ4v) is 4.39. The van der Waals surface area contributed by atoms with Crippen molar-refractivity contribution in [3.8, 4) is 0 Å². The van der Waals surface area contributed by atoms with Crippen LogP contribution in [0.15, 0.2) is 0 Å². The van der Waals surface area contributed by atoms with E-state index in [4.69, 9.17) is 4.74 Å². The summed E-state index contributed by atoms with van der Waals surface area (Å²) >= 11 is 0. The van der Waals surface area contributed by atoms with Crippen molar-refractivity contribution in [2.75, 3.05) is 39.0 Å². The van der Waals surface area contributed by atoms with Crippen LogP contribution < -0.4 is 5.32 Å². The average molecular weight is 299 g/mol. The zero-order valence-electron chi connectivity index (χ0n) is 10.8. The van der Waals surface area contributed by atoms with E-state index in [-0.39, 0.29) is 24.3 Å². The lowest BCUT2D eigenvalue weighted by molar-refractivity contribution is 0.126. The van der Waals surface area contributed by atoms with E-state index in [1.165, 1.54) is 0 Å². The third-order valence-electron chi connectivity index (χ3n) is 3.56. The summed E-state index contributed by atoms with van der Waals surface area (Å²) in [4.78, 5) is 0. The SMILES string of the molecule is CNCC1CCN(S(=O)(=O)CC2CCCO2)C1.Cl. The van der Waals surface area contributed by atoms with Gasteiger partial charge in [0.1, 0.15) is 0 Å². The van der Waals surface area contributed by atoms with Crippen molar-refractivity contribution in [2.24, 2.45) is 5.92 Å². The molecule has 0 aromatic heterocycles. The van der Waals surface area contributed by atoms with E-state index in [1.807, 2.05) is 7.05 Å². The van der Waals surface area contributed by atoms with Crippen molar-refractivity contribution in [3.05, 3.63) is 0 Å². The van der Waals surface area contributed by atoms with Crippen molar-refractivity contribution in [1.29, 1.82) is 0 Å². The second-order valence-corrected chi connectivity index (χ2v) is 7.00. The number of nitrogens with one attached hydrogen (secondary N) is 1. The van der Waals surface area contributed by atoms with Gasteiger partial charge >= 0.3 is 0 Å². The van der Waals surface area contributed by atoms with Crippen LogP contribution in [0, 0.1) is 5.92 Å². The summed E-state index contributed by atoms with van der Waals surface area (Å²) in [6.45, 7) is 2.94. The Bertz CT molecular complexity index is 344. The molecule has 1 N–H and O–H groups in total. The van der Waals surface area contributed by atoms with E-state index in [2.05, 4.69) is 5.32 Å². The molecule has 0 aromatic carbocycles. The van der Waals surface area contributed by atoms with Gasteiger partial charge in [0.05, 0.1) is 11.9 Å². The third-order valence-corrected chi connectivity index (χ3v) is 5.47. The van der Waals surface area contributed by atoms with E-state index in [1.54, 1.807) is 4.31 Å². The van der Waals surface area contributed by atoms with Crippen molar-refractivity contribution in [2.45, 2.75) is 25.4 Å². The molecule has 0 saturated carbocycles. The van der Waals surface area contributed by atoms with Gasteiger partial charge in [0.25, 0.3) is 0 Å². The highest BCUT2D eigenvalue weighted by atomic mass is 35.5. The van der Waals surface area contributed by atoms with Gasteiger partial charge in [-0.2, -0.15) is 0 Å². The van der Waals surface area contributed by atoms with Gasteiger partial charge in [0, 0.05) is 19.7 Å². The normalized spacial score (nSPS) is 29.4. The Morgan fingerprint density at radius 3 is 2.78 bits per heavy atom. The van der Waals surface area contributed by atoms with Gasteiger partial charge in [0.2, 0.25) is 10.0 Å². The molecular weight excluding hydrogens is 276 g/mol. The first-order valence-electron chi connectivity index (χ1n) is 6.36. The van der Waals surface area contributed by atoms with Crippen molar-refractivity contribution < 1.29 is 13.2 Å². The molecule has 2 atom stereocenters. The number of rotatable bonds is 5. The predicted octanol–water partition coefficient (Wildman–Crippen LogP) is 0.458. The zero-order chi connectivity index (χ0) is 12.3. The molecule has 2 aliphatic heterocycles. The largest absolute Gasteiger partial charge is 0.377 e. The molecule has 0 aliphatic carbocycles. The molecule has 0 spiro atoms. The summed E-state index contributed by atoms with van der Waals surface area (Å²) in [5.41, 5.74) is 0. The molecule has 0 aromatic rings. The Morgan fingerprint density at radius 1 is 1.39 bits per heavy atom. The number of nitrogens with zero attached hydrogens (tertiary/aromatic N) is 1. The number of hydrogen-bond donors (Lipinski definition) is 1. The zero-order valence-corrected chi connectivity index (χ0v) is 12.4. The molecule has 2 saturated heterocycles. The van der Waals surface area contributed by atoms with Crippen LogP contribution in [0.5, 0.6) is 0 Å². The lowest BCUT2D eigenvalue weighted by Gasteiger charge is -2.18. The smallest absolute Gasteiger partial charge is 0.216 e. The lowest BCUT2D eigenvalue weighted by atomic mass is 10.1. The second kappa shape index (κ2) is 7.05. The number of halogens is 1. The van der Waals surface area contributed by atoms with E-state index < -0.39 is 10.0 Å². The fraction of sp³-hybridized carbons (Fsp3) is 1.00. The van der Waals surface area contributed by atoms with Crippen LogP contribution in [0.1, 0.15) is 19.3 Å². The summed E-state index contributed by atoms with van der Waals surface area (Å²) in [5.74, 6) is 0.624. The molecule has 2 heterocycles. The molecule has 2 aliphatic rings. The molecule has 108 valence electrons. The lowest BCUT2D eigenvalue weighted by Crippen LogP contribution is -2.35. The van der Waals surface area contributed by atoms with Crippen LogP contribution in [0.25, 0.3) is 0 Å². The van der Waals surface area contributed by atoms with Crippen LogP contribution in [0.3, 0.4) is 0 Å². The van der Waals surface area contributed by atoms with Crippen LogP contribution in [0.2, 0.25) is 0 Å². The van der Waals surface area contributed by atoms with Crippen LogP contribution in [-0.4, -0.2) is 57.9 Å². The minimum Gasteiger partial charge on any atom is -0.377 e. The van der Waals surface area contributed by atoms with Crippen molar-refractivity contribution in [1.82, 2.24) is 9.62 Å². The first-order chi connectivity index (χ1) is 8.12. The maximum Gasteiger partial charge on any atom is 0.216 e. The Balaban J connectivity index is 0.00000162. The Morgan fingerprint density at radius 2 is 2.17 bits per heavy atom. The Hall–Kier alpha value is 0.120. The van der Waals surface area contributed by atoms with Crippen LogP contribution >= 0.6 is 12.4 Å². The molecule has 5 nitrogen and oxygen atoms in total. The number of sulfonamides is 1. The quantitative estimate of drug-likeness (QED) is 0.801. The summed E-state index contributed by atoms with van der Waals surface area (Å²) in [7, 11) is -1.21. The first kappa shape index (κ1) is 16.2. The molecule has 2 unspecified atom stereocenters. The van der Waals surface area contributed by atoms with Crippen molar-refractivity contribution in [3.63, 3.8) is 0 Å². The van der Waals surface area contributed by atoms with Gasteiger partial charge in [-0.15, -0.1) is 12.4 Å². The van der Waals surface area contributed by atoms with E-state index in [0.29, 0.717) is 25.6 Å². The highest BCUT2D eigenvalue weighted by molar-refractivity contribution is 7.89. The highest BCUT2D eigenvalue weighted by Gasteiger charge is 2.33. The van der Waals surface area contributed by atoms with Gasteiger partial charge < -0.3 is 10.1 Å². The van der Waals surface area contributed by atoms with Gasteiger partial charge in [-0.1, -0.05) is 0 Å². The second-order valence-electron chi connectivity index (χ2n) is 4.98. The van der Waals surface area contributed by atoms with Gasteiger partial charge in [0.15, 0.2) is 0 Å². The Kier molecular flexibility index (Phi) is 6.34. The topological polar surface area (TPSA) is 58.6 Å². The molecule has 0 radical (unpaired) electrons. The molecule has 7 heteroatoms. The van der Waals surface area contributed by atoms with Gasteiger partial charge in [-0.25, -0.2) is 12.7 Å². The minimum absolute atomic E-state index is 0. The third kappa shape index (κ3) is 4.06. The van der Waals surface area contributed by atoms with Crippen molar-refractivity contribution >= 4 is 22.4 Å². The molecule has 2 fully saturated rings. The van der Waals surface area contributed by atoms with Gasteiger partial charge in [-0.05, 0) is 38.8 Å². The first-order valence-corrected chi connectivity index (χ1v) is 7.97. The maximum atomic E-state index is 12.2. The molecular formula is C11H23ClN2O3S. The van der Waals surface area contributed by atoms with Gasteiger partial charge in [-0.3, -0.25) is 0 Å². The standard InChI is InChI=1S/C11H22N2O3S.ClH/c1-12-7-10-4-5-13(8-10)17(14,15)9-11-3-2-6-16-11;/h10-12H,2-9H2,1H3;1H. The maximum absolute atomic E-state index is 12.2. The summed E-state index contributed by atoms with van der Waals surface area (Å²) in [6, 6.07) is 0. The van der Waals surface area contributed by atoms with E-state index >= 15 is 0 Å². The molecule has 18 heavy (non-hydrogen) atoms. The van der Waals surface area contributed by atoms with E-state index in [0.717, 1.165) is 25.8 Å². The van der Waals surface area contributed by atoms with Crippen LogP contribution in [0.4, 0.5) is 0 Å². The Labute approximate surface area is 116 Å². The predicted molar refractivity (Wildman–Crippen MR) is 73.6 cm³/mol. The highest BCUT2D eigenvalue weighted by Crippen LogP contribution is 2.22. The molecule has 0 bridgehead atoms. The van der Waals surface area contributed by atoms with Crippen LogP contribution in [-0.2, 0) is 14.8 Å². The summed E-state index contributed by atoms with van der Waals surface area (Å²) < 4.78 is 31.4. The number of hydrogen-bond acceptors (Lipinski definition) is 4. The fourth-order valence-electron chi connectivity index (χ4n) is 2.62. The minimum atomic E-state index is -3.11. The molecule has 0 amide bonds. The van der Waals surface area contributed by atoms with E-state index in [9.17, 15) is 8.42 Å². The summed E-state index contributed by atoms with van der Waals surface area (Å²) in [6.07, 6.45) is 2.75. The number of ether oxygens (including phenoxy) is 1.